The molecule has 0 amide bonds. The Bertz CT molecular complexity index is 227. The maximum Gasteiger partial charge on any atom is 0.0110 e. The molecule has 1 saturated heterocycles. The van der Waals surface area contributed by atoms with E-state index >= 15 is 0 Å². The Morgan fingerprint density at radius 1 is 0.947 bits per heavy atom. The molecule has 1 fully saturated rings. The van der Waals surface area contributed by atoms with Gasteiger partial charge in [0.25, 0.3) is 0 Å². The van der Waals surface area contributed by atoms with Crippen molar-refractivity contribution < 1.29 is 0 Å². The quantitative estimate of drug-likeness (QED) is 0.695. The first-order valence-electron chi connectivity index (χ1n) is 7.71. The zero-order valence-corrected chi connectivity index (χ0v) is 13.7. The van der Waals surface area contributed by atoms with Crippen LogP contribution in [0.25, 0.3) is 0 Å². The third-order valence-corrected chi connectivity index (χ3v) is 3.63. The summed E-state index contributed by atoms with van der Waals surface area (Å²) >= 11 is 0. The van der Waals surface area contributed by atoms with Gasteiger partial charge in [0.05, 0.1) is 0 Å². The maximum absolute atomic E-state index is 3.56. The van der Waals surface area contributed by atoms with E-state index in [1.807, 2.05) is 0 Å². The van der Waals surface area contributed by atoms with Crippen LogP contribution in [0.4, 0.5) is 0 Å². The molecule has 0 aliphatic carbocycles. The normalized spacial score (nSPS) is 19.3. The lowest BCUT2D eigenvalue weighted by Crippen LogP contribution is -2.48. The Morgan fingerprint density at radius 2 is 1.47 bits per heavy atom. The third kappa shape index (κ3) is 8.58. The summed E-state index contributed by atoms with van der Waals surface area (Å²) in [6.07, 6.45) is 1.26. The minimum atomic E-state index is 0.255. The molecule has 4 heteroatoms. The molecule has 0 radical (unpaired) electrons. The molecule has 1 heterocycles. The van der Waals surface area contributed by atoms with Crippen LogP contribution in [-0.4, -0.2) is 86.7 Å². The van der Waals surface area contributed by atoms with Gasteiger partial charge in [0.2, 0.25) is 0 Å². The van der Waals surface area contributed by atoms with E-state index in [1.165, 1.54) is 52.2 Å². The van der Waals surface area contributed by atoms with Crippen LogP contribution in [0.5, 0.6) is 0 Å². The molecule has 1 rings (SSSR count). The van der Waals surface area contributed by atoms with Gasteiger partial charge in [-0.1, -0.05) is 0 Å². The van der Waals surface area contributed by atoms with Gasteiger partial charge < -0.3 is 15.1 Å². The van der Waals surface area contributed by atoms with E-state index in [1.54, 1.807) is 0 Å². The highest BCUT2D eigenvalue weighted by atomic mass is 15.3. The first-order chi connectivity index (χ1) is 8.87. The van der Waals surface area contributed by atoms with Gasteiger partial charge >= 0.3 is 0 Å². The summed E-state index contributed by atoms with van der Waals surface area (Å²) in [4.78, 5) is 7.46. The Balaban J connectivity index is 2.04. The highest BCUT2D eigenvalue weighted by Crippen LogP contribution is 2.03. The standard InChI is InChI=1S/C15H34N4/c1-15(2,3)16-7-6-8-18-11-13-19(14-12-18)10-9-17(4)5/h16H,6-14H2,1-5H3. The van der Waals surface area contributed by atoms with Crippen molar-refractivity contribution in [1.29, 1.82) is 0 Å². The van der Waals surface area contributed by atoms with Crippen molar-refractivity contribution in [3.05, 3.63) is 0 Å². The van der Waals surface area contributed by atoms with E-state index in [4.69, 9.17) is 0 Å². The van der Waals surface area contributed by atoms with E-state index in [2.05, 4.69) is 54.9 Å². The Hall–Kier alpha value is -0.160. The first-order valence-corrected chi connectivity index (χ1v) is 7.71. The number of rotatable bonds is 7. The summed E-state index contributed by atoms with van der Waals surface area (Å²) in [7, 11) is 4.30. The number of piperazine rings is 1. The molecule has 0 aromatic heterocycles. The van der Waals surface area contributed by atoms with Crippen LogP contribution in [0.1, 0.15) is 27.2 Å². The summed E-state index contributed by atoms with van der Waals surface area (Å²) in [5, 5.41) is 3.56. The first kappa shape index (κ1) is 16.9. The summed E-state index contributed by atoms with van der Waals surface area (Å²) in [5.74, 6) is 0. The summed E-state index contributed by atoms with van der Waals surface area (Å²) in [5.41, 5.74) is 0.255. The summed E-state index contributed by atoms with van der Waals surface area (Å²) in [6, 6.07) is 0. The molecule has 0 saturated carbocycles. The van der Waals surface area contributed by atoms with Crippen LogP contribution >= 0.6 is 0 Å². The Morgan fingerprint density at radius 3 is 1.95 bits per heavy atom. The fourth-order valence-electron chi connectivity index (χ4n) is 2.34. The molecule has 0 unspecified atom stereocenters. The molecule has 1 N–H and O–H groups in total. The van der Waals surface area contributed by atoms with Crippen LogP contribution < -0.4 is 5.32 Å². The topological polar surface area (TPSA) is 21.8 Å². The lowest BCUT2D eigenvalue weighted by molar-refractivity contribution is 0.124. The summed E-state index contributed by atoms with van der Waals surface area (Å²) in [6.45, 7) is 16.4. The smallest absolute Gasteiger partial charge is 0.0110 e. The SMILES string of the molecule is CN(C)CCN1CCN(CCCNC(C)(C)C)CC1. The van der Waals surface area contributed by atoms with Crippen LogP contribution in [0.3, 0.4) is 0 Å². The zero-order chi connectivity index (χ0) is 14.3. The largest absolute Gasteiger partial charge is 0.312 e. The van der Waals surface area contributed by atoms with E-state index in [9.17, 15) is 0 Å². The van der Waals surface area contributed by atoms with Gasteiger partial charge in [-0.15, -0.1) is 0 Å². The molecule has 4 nitrogen and oxygen atoms in total. The van der Waals surface area contributed by atoms with Gasteiger partial charge in [0.1, 0.15) is 0 Å². The van der Waals surface area contributed by atoms with Crippen molar-refractivity contribution >= 4 is 0 Å². The average molecular weight is 270 g/mol. The van der Waals surface area contributed by atoms with Gasteiger partial charge in [-0.2, -0.15) is 0 Å². The average Bonchev–Trinajstić information content (AvgIpc) is 2.32. The molecule has 1 aliphatic heterocycles. The second-order valence-corrected chi connectivity index (χ2v) is 7.02. The Labute approximate surface area is 120 Å². The van der Waals surface area contributed by atoms with Gasteiger partial charge in [-0.25, -0.2) is 0 Å². The van der Waals surface area contributed by atoms with Crippen molar-refractivity contribution in [2.45, 2.75) is 32.7 Å². The van der Waals surface area contributed by atoms with Gasteiger partial charge in [-0.3, -0.25) is 4.90 Å². The van der Waals surface area contributed by atoms with E-state index < -0.39 is 0 Å². The molecular weight excluding hydrogens is 236 g/mol. The van der Waals surface area contributed by atoms with E-state index in [0.29, 0.717) is 0 Å². The van der Waals surface area contributed by atoms with Crippen LogP contribution in [0.2, 0.25) is 0 Å². The van der Waals surface area contributed by atoms with Crippen LogP contribution in [0.15, 0.2) is 0 Å². The number of hydrogen-bond donors (Lipinski definition) is 1. The van der Waals surface area contributed by atoms with Crippen molar-refractivity contribution in [3.63, 3.8) is 0 Å². The van der Waals surface area contributed by atoms with E-state index in [0.717, 1.165) is 6.54 Å². The fraction of sp³-hybridized carbons (Fsp3) is 1.00. The molecule has 1 aliphatic rings. The van der Waals surface area contributed by atoms with E-state index in [-0.39, 0.29) is 5.54 Å². The number of nitrogens with zero attached hydrogens (tertiary/aromatic N) is 3. The Kier molecular flexibility index (Phi) is 7.29. The highest BCUT2D eigenvalue weighted by Gasteiger charge is 2.16. The molecule has 0 atom stereocenters. The molecule has 0 bridgehead atoms. The van der Waals surface area contributed by atoms with Gasteiger partial charge in [0, 0.05) is 44.8 Å². The van der Waals surface area contributed by atoms with Gasteiger partial charge in [-0.05, 0) is 54.4 Å². The highest BCUT2D eigenvalue weighted by molar-refractivity contribution is 4.74. The number of nitrogens with one attached hydrogen (secondary N) is 1. The molecule has 0 aromatic rings. The van der Waals surface area contributed by atoms with Gasteiger partial charge in [0.15, 0.2) is 0 Å². The predicted molar refractivity (Wildman–Crippen MR) is 83.8 cm³/mol. The molecular formula is C15H34N4. The molecule has 0 aromatic carbocycles. The second-order valence-electron chi connectivity index (χ2n) is 7.02. The van der Waals surface area contributed by atoms with Crippen molar-refractivity contribution in [2.75, 3.05) is 66.5 Å². The van der Waals surface area contributed by atoms with Crippen molar-refractivity contribution in [1.82, 2.24) is 20.0 Å². The number of hydrogen-bond acceptors (Lipinski definition) is 4. The monoisotopic (exact) mass is 270 g/mol. The molecule has 114 valence electrons. The molecule has 0 spiro atoms. The lowest BCUT2D eigenvalue weighted by Gasteiger charge is -2.35. The third-order valence-electron chi connectivity index (χ3n) is 3.63. The lowest BCUT2D eigenvalue weighted by atomic mass is 10.1. The van der Waals surface area contributed by atoms with Crippen LogP contribution in [-0.2, 0) is 0 Å². The van der Waals surface area contributed by atoms with Crippen LogP contribution in [0, 0.1) is 0 Å². The van der Waals surface area contributed by atoms with Crippen molar-refractivity contribution in [2.24, 2.45) is 0 Å². The second kappa shape index (κ2) is 8.20. The zero-order valence-electron chi connectivity index (χ0n) is 13.7. The summed E-state index contributed by atoms with van der Waals surface area (Å²) < 4.78 is 0. The predicted octanol–water partition coefficient (Wildman–Crippen LogP) is 0.944. The van der Waals surface area contributed by atoms with Crippen molar-refractivity contribution in [3.8, 4) is 0 Å². The fourth-order valence-corrected chi connectivity index (χ4v) is 2.34. The maximum atomic E-state index is 3.56. The minimum Gasteiger partial charge on any atom is -0.312 e. The molecule has 19 heavy (non-hydrogen) atoms. The minimum absolute atomic E-state index is 0.255. The number of likely N-dealkylation sites (N-methyl/N-ethyl adjacent to an activating group) is 1.